The SMILES string of the molecule is CCCn1nccc1CNCc1cnn(C(C)C)c1C.Cl. The molecule has 0 bridgehead atoms. The van der Waals surface area contributed by atoms with Crippen LogP contribution in [0.2, 0.25) is 0 Å². The molecule has 0 unspecified atom stereocenters. The van der Waals surface area contributed by atoms with Gasteiger partial charge in [-0.15, -0.1) is 12.4 Å². The predicted molar refractivity (Wildman–Crippen MR) is 87.7 cm³/mol. The number of halogens is 1. The van der Waals surface area contributed by atoms with Crippen molar-refractivity contribution >= 4 is 12.4 Å². The molecule has 6 heteroatoms. The number of aryl methyl sites for hydroxylation is 1. The highest BCUT2D eigenvalue weighted by Crippen LogP contribution is 2.12. The Labute approximate surface area is 133 Å². The van der Waals surface area contributed by atoms with Crippen LogP contribution in [0.5, 0.6) is 0 Å². The van der Waals surface area contributed by atoms with Crippen molar-refractivity contribution < 1.29 is 0 Å². The number of rotatable bonds is 7. The summed E-state index contributed by atoms with van der Waals surface area (Å²) in [5.41, 5.74) is 3.75. The van der Waals surface area contributed by atoms with Gasteiger partial charge >= 0.3 is 0 Å². The van der Waals surface area contributed by atoms with E-state index in [1.165, 1.54) is 17.0 Å². The van der Waals surface area contributed by atoms with E-state index in [-0.39, 0.29) is 12.4 Å². The van der Waals surface area contributed by atoms with Gasteiger partial charge in [-0.1, -0.05) is 6.92 Å². The Hall–Kier alpha value is -1.33. The summed E-state index contributed by atoms with van der Waals surface area (Å²) in [5, 5.41) is 12.3. The molecule has 0 fully saturated rings. The lowest BCUT2D eigenvalue weighted by molar-refractivity contribution is 0.517. The fourth-order valence-corrected chi connectivity index (χ4v) is 2.40. The summed E-state index contributed by atoms with van der Waals surface area (Å²) in [5.74, 6) is 0. The van der Waals surface area contributed by atoms with E-state index >= 15 is 0 Å². The van der Waals surface area contributed by atoms with Crippen molar-refractivity contribution in [1.29, 1.82) is 0 Å². The molecular weight excluding hydrogens is 286 g/mol. The Morgan fingerprint density at radius 2 is 2.00 bits per heavy atom. The second kappa shape index (κ2) is 8.20. The van der Waals surface area contributed by atoms with E-state index < -0.39 is 0 Å². The molecular formula is C15H26ClN5. The first-order chi connectivity index (χ1) is 9.63. The van der Waals surface area contributed by atoms with Crippen LogP contribution < -0.4 is 5.32 Å². The van der Waals surface area contributed by atoms with Gasteiger partial charge in [0.2, 0.25) is 0 Å². The molecule has 0 saturated carbocycles. The lowest BCUT2D eigenvalue weighted by atomic mass is 10.2. The smallest absolute Gasteiger partial charge is 0.0537 e. The van der Waals surface area contributed by atoms with E-state index in [4.69, 9.17) is 0 Å². The maximum Gasteiger partial charge on any atom is 0.0537 e. The summed E-state index contributed by atoms with van der Waals surface area (Å²) in [6, 6.07) is 2.49. The molecule has 0 radical (unpaired) electrons. The van der Waals surface area contributed by atoms with Crippen molar-refractivity contribution in [3.63, 3.8) is 0 Å². The highest BCUT2D eigenvalue weighted by molar-refractivity contribution is 5.85. The first kappa shape index (κ1) is 17.7. The van der Waals surface area contributed by atoms with Gasteiger partial charge in [-0.2, -0.15) is 10.2 Å². The monoisotopic (exact) mass is 311 g/mol. The summed E-state index contributed by atoms with van der Waals surface area (Å²) < 4.78 is 4.13. The fourth-order valence-electron chi connectivity index (χ4n) is 2.40. The Kier molecular flexibility index (Phi) is 6.92. The van der Waals surface area contributed by atoms with Crippen molar-refractivity contribution in [2.45, 2.75) is 59.8 Å². The van der Waals surface area contributed by atoms with Crippen molar-refractivity contribution in [2.24, 2.45) is 0 Å². The van der Waals surface area contributed by atoms with E-state index in [1.54, 1.807) is 0 Å². The second-order valence-electron chi connectivity index (χ2n) is 5.44. The van der Waals surface area contributed by atoms with Crippen LogP contribution in [0, 0.1) is 6.92 Å². The van der Waals surface area contributed by atoms with E-state index in [0.29, 0.717) is 6.04 Å². The molecule has 0 aliphatic heterocycles. The molecule has 118 valence electrons. The van der Waals surface area contributed by atoms with Crippen LogP contribution in [-0.2, 0) is 19.6 Å². The molecule has 2 rings (SSSR count). The number of aromatic nitrogens is 4. The number of hydrogen-bond acceptors (Lipinski definition) is 3. The van der Waals surface area contributed by atoms with Gasteiger partial charge in [0.25, 0.3) is 0 Å². The Balaban J connectivity index is 0.00000220. The molecule has 0 spiro atoms. The predicted octanol–water partition coefficient (Wildman–Crippen LogP) is 3.09. The molecule has 0 atom stereocenters. The molecule has 0 aliphatic carbocycles. The van der Waals surface area contributed by atoms with Crippen molar-refractivity contribution in [1.82, 2.24) is 24.9 Å². The molecule has 2 aromatic heterocycles. The molecule has 21 heavy (non-hydrogen) atoms. The van der Waals surface area contributed by atoms with Gasteiger partial charge in [0.05, 0.1) is 11.9 Å². The number of nitrogens with zero attached hydrogens (tertiary/aromatic N) is 4. The highest BCUT2D eigenvalue weighted by Gasteiger charge is 2.08. The molecule has 0 aromatic carbocycles. The van der Waals surface area contributed by atoms with Gasteiger partial charge in [0.1, 0.15) is 0 Å². The van der Waals surface area contributed by atoms with Crippen LogP contribution >= 0.6 is 12.4 Å². The molecule has 0 amide bonds. The third-order valence-corrected chi connectivity index (χ3v) is 3.50. The van der Waals surface area contributed by atoms with Gasteiger partial charge in [-0.3, -0.25) is 9.36 Å². The van der Waals surface area contributed by atoms with E-state index in [9.17, 15) is 0 Å². The third kappa shape index (κ3) is 4.32. The summed E-state index contributed by atoms with van der Waals surface area (Å²) in [4.78, 5) is 0. The average Bonchev–Trinajstić information content (AvgIpc) is 2.98. The summed E-state index contributed by atoms with van der Waals surface area (Å²) >= 11 is 0. The average molecular weight is 312 g/mol. The molecule has 2 heterocycles. The topological polar surface area (TPSA) is 47.7 Å². The van der Waals surface area contributed by atoms with Gasteiger partial charge in [-0.25, -0.2) is 0 Å². The van der Waals surface area contributed by atoms with Crippen LogP contribution in [0.1, 0.15) is 50.2 Å². The zero-order chi connectivity index (χ0) is 14.5. The van der Waals surface area contributed by atoms with E-state index in [2.05, 4.69) is 58.6 Å². The number of hydrogen-bond donors (Lipinski definition) is 1. The Morgan fingerprint density at radius 1 is 1.24 bits per heavy atom. The fraction of sp³-hybridized carbons (Fsp3) is 0.600. The third-order valence-electron chi connectivity index (χ3n) is 3.50. The van der Waals surface area contributed by atoms with E-state index in [0.717, 1.165) is 26.1 Å². The quantitative estimate of drug-likeness (QED) is 0.855. The maximum absolute atomic E-state index is 4.44. The van der Waals surface area contributed by atoms with Crippen LogP contribution in [0.15, 0.2) is 18.5 Å². The van der Waals surface area contributed by atoms with Crippen molar-refractivity contribution in [2.75, 3.05) is 0 Å². The van der Waals surface area contributed by atoms with Crippen LogP contribution in [-0.4, -0.2) is 19.6 Å². The lowest BCUT2D eigenvalue weighted by Crippen LogP contribution is -2.17. The minimum atomic E-state index is 0. The van der Waals surface area contributed by atoms with Crippen molar-refractivity contribution in [3.8, 4) is 0 Å². The lowest BCUT2D eigenvalue weighted by Gasteiger charge is -2.10. The standard InChI is InChI=1S/C15H25N5.ClH/c1-5-8-19-15(6-7-17-19)11-16-9-14-10-18-20(12(2)3)13(14)4;/h6-7,10,12,16H,5,8-9,11H2,1-4H3;1H. The Bertz CT molecular complexity index is 544. The normalized spacial score (nSPS) is 10.9. The molecule has 0 saturated heterocycles. The van der Waals surface area contributed by atoms with Crippen LogP contribution in [0.3, 0.4) is 0 Å². The first-order valence-corrected chi connectivity index (χ1v) is 7.37. The Morgan fingerprint density at radius 3 is 2.62 bits per heavy atom. The van der Waals surface area contributed by atoms with Gasteiger partial charge in [0.15, 0.2) is 0 Å². The van der Waals surface area contributed by atoms with Crippen LogP contribution in [0.4, 0.5) is 0 Å². The second-order valence-corrected chi connectivity index (χ2v) is 5.44. The first-order valence-electron chi connectivity index (χ1n) is 7.37. The largest absolute Gasteiger partial charge is 0.307 e. The molecule has 1 N–H and O–H groups in total. The number of nitrogens with one attached hydrogen (secondary N) is 1. The summed E-state index contributed by atoms with van der Waals surface area (Å²) in [7, 11) is 0. The molecule has 0 aliphatic rings. The zero-order valence-electron chi connectivity index (χ0n) is 13.3. The summed E-state index contributed by atoms with van der Waals surface area (Å²) in [6.45, 7) is 11.3. The van der Waals surface area contributed by atoms with Gasteiger partial charge < -0.3 is 5.32 Å². The van der Waals surface area contributed by atoms with E-state index in [1.807, 2.05) is 12.4 Å². The van der Waals surface area contributed by atoms with Gasteiger partial charge in [-0.05, 0) is 33.3 Å². The minimum absolute atomic E-state index is 0. The minimum Gasteiger partial charge on any atom is -0.307 e. The highest BCUT2D eigenvalue weighted by atomic mass is 35.5. The zero-order valence-corrected chi connectivity index (χ0v) is 14.2. The summed E-state index contributed by atoms with van der Waals surface area (Å²) in [6.07, 6.45) is 4.94. The van der Waals surface area contributed by atoms with Gasteiger partial charge in [0, 0.05) is 43.1 Å². The molecule has 5 nitrogen and oxygen atoms in total. The molecule has 2 aromatic rings. The maximum atomic E-state index is 4.44. The van der Waals surface area contributed by atoms with Crippen LogP contribution in [0.25, 0.3) is 0 Å². The van der Waals surface area contributed by atoms with Crippen molar-refractivity contribution in [3.05, 3.63) is 35.4 Å².